The second kappa shape index (κ2) is 6.87. The van der Waals surface area contributed by atoms with Crippen molar-refractivity contribution in [2.45, 2.75) is 0 Å². The number of hydrogen-bond donors (Lipinski definition) is 2. The zero-order chi connectivity index (χ0) is 16.9. The maximum absolute atomic E-state index is 9.39. The van der Waals surface area contributed by atoms with Crippen LogP contribution in [0.5, 0.6) is 11.5 Å². The van der Waals surface area contributed by atoms with Crippen LogP contribution in [0.4, 0.5) is 0 Å². The number of hydrogen-bond acceptors (Lipinski definition) is 5. The average molecular weight is 323 g/mol. The van der Waals surface area contributed by atoms with E-state index in [-0.39, 0.29) is 0 Å². The molecule has 0 saturated heterocycles. The van der Waals surface area contributed by atoms with Crippen LogP contribution < -0.4 is 9.47 Å². The van der Waals surface area contributed by atoms with Crippen molar-refractivity contribution in [2.75, 3.05) is 14.2 Å². The molecule has 0 fully saturated rings. The van der Waals surface area contributed by atoms with Gasteiger partial charge in [0, 0.05) is 5.56 Å². The van der Waals surface area contributed by atoms with Crippen LogP contribution >= 0.6 is 0 Å². The zero-order valence-corrected chi connectivity index (χ0v) is 13.4. The van der Waals surface area contributed by atoms with Gasteiger partial charge >= 0.3 is 0 Å². The summed E-state index contributed by atoms with van der Waals surface area (Å²) in [4.78, 5) is 7.49. The fraction of sp³-hybridized carbons (Fsp3) is 0.111. The summed E-state index contributed by atoms with van der Waals surface area (Å²) in [6.07, 6.45) is 1.70. The number of imidazole rings is 1. The number of H-pyrrole nitrogens is 1. The van der Waals surface area contributed by atoms with Gasteiger partial charge in [-0.25, -0.2) is 4.98 Å². The van der Waals surface area contributed by atoms with Gasteiger partial charge in [-0.1, -0.05) is 5.16 Å². The van der Waals surface area contributed by atoms with Gasteiger partial charge in [-0.15, -0.1) is 0 Å². The number of aromatic amines is 1. The smallest absolute Gasteiger partial charge is 0.160 e. The van der Waals surface area contributed by atoms with Crippen LogP contribution in [-0.4, -0.2) is 35.1 Å². The highest BCUT2D eigenvalue weighted by atomic mass is 16.5. The maximum atomic E-state index is 9.39. The van der Waals surface area contributed by atoms with E-state index >= 15 is 0 Å². The third kappa shape index (κ3) is 3.08. The maximum Gasteiger partial charge on any atom is 0.160 e. The molecule has 2 N–H and O–H groups in total. The van der Waals surface area contributed by atoms with Gasteiger partial charge in [-0.3, -0.25) is 0 Å². The van der Waals surface area contributed by atoms with Gasteiger partial charge in [0.25, 0.3) is 0 Å². The first-order valence-electron chi connectivity index (χ1n) is 7.31. The largest absolute Gasteiger partial charge is 0.497 e. The van der Waals surface area contributed by atoms with Crippen LogP contribution in [0.25, 0.3) is 11.3 Å². The third-order valence-corrected chi connectivity index (χ3v) is 3.66. The molecule has 0 atom stereocenters. The van der Waals surface area contributed by atoms with Gasteiger partial charge in [0.2, 0.25) is 0 Å². The molecule has 0 bridgehead atoms. The normalized spacial score (nSPS) is 11.3. The summed E-state index contributed by atoms with van der Waals surface area (Å²) >= 11 is 0. The Morgan fingerprint density at radius 3 is 2.08 bits per heavy atom. The van der Waals surface area contributed by atoms with Gasteiger partial charge in [-0.05, 0) is 54.1 Å². The molecule has 24 heavy (non-hydrogen) atoms. The Kier molecular flexibility index (Phi) is 4.47. The first-order chi connectivity index (χ1) is 11.7. The summed E-state index contributed by atoms with van der Waals surface area (Å²) in [5, 5.41) is 12.8. The Balaban J connectivity index is 1.89. The predicted molar refractivity (Wildman–Crippen MR) is 91.0 cm³/mol. The highest BCUT2D eigenvalue weighted by Crippen LogP contribution is 2.22. The van der Waals surface area contributed by atoms with Crippen molar-refractivity contribution in [3.05, 3.63) is 66.1 Å². The number of ether oxygens (including phenoxy) is 2. The van der Waals surface area contributed by atoms with Crippen molar-refractivity contribution in [1.82, 2.24) is 9.97 Å². The number of rotatable bonds is 5. The minimum absolute atomic E-state index is 0.359. The lowest BCUT2D eigenvalue weighted by Gasteiger charge is -2.04. The minimum Gasteiger partial charge on any atom is -0.497 e. The predicted octanol–water partition coefficient (Wildman–Crippen LogP) is 3.32. The van der Waals surface area contributed by atoms with Crippen LogP contribution in [0.2, 0.25) is 0 Å². The summed E-state index contributed by atoms with van der Waals surface area (Å²) in [6.45, 7) is 0. The molecule has 0 saturated carbocycles. The van der Waals surface area contributed by atoms with Crippen molar-refractivity contribution in [2.24, 2.45) is 5.16 Å². The van der Waals surface area contributed by atoms with Gasteiger partial charge in [0.15, 0.2) is 11.5 Å². The topological polar surface area (TPSA) is 79.7 Å². The van der Waals surface area contributed by atoms with Gasteiger partial charge in [0.1, 0.15) is 11.5 Å². The van der Waals surface area contributed by atoms with E-state index in [0.717, 1.165) is 28.3 Å². The molecule has 3 rings (SSSR count). The van der Waals surface area contributed by atoms with Crippen LogP contribution in [0.1, 0.15) is 11.4 Å². The molecule has 0 aliphatic carbocycles. The van der Waals surface area contributed by atoms with E-state index < -0.39 is 0 Å². The van der Waals surface area contributed by atoms with Crippen molar-refractivity contribution in [3.8, 4) is 22.8 Å². The number of oxime groups is 1. The lowest BCUT2D eigenvalue weighted by molar-refractivity contribution is 0.319. The Morgan fingerprint density at radius 1 is 0.958 bits per heavy atom. The Bertz CT molecular complexity index is 837. The Morgan fingerprint density at radius 2 is 1.54 bits per heavy atom. The lowest BCUT2D eigenvalue weighted by atomic mass is 10.1. The van der Waals surface area contributed by atoms with E-state index in [1.54, 1.807) is 32.5 Å². The summed E-state index contributed by atoms with van der Waals surface area (Å²) in [5.74, 6) is 2.00. The fourth-order valence-electron chi connectivity index (χ4n) is 2.35. The first kappa shape index (κ1) is 15.6. The summed E-state index contributed by atoms with van der Waals surface area (Å²) < 4.78 is 10.3. The van der Waals surface area contributed by atoms with Crippen molar-refractivity contribution < 1.29 is 14.7 Å². The van der Waals surface area contributed by atoms with E-state index in [0.29, 0.717) is 11.5 Å². The average Bonchev–Trinajstić information content (AvgIpc) is 3.13. The van der Waals surface area contributed by atoms with E-state index in [2.05, 4.69) is 15.1 Å². The second-order valence-electron chi connectivity index (χ2n) is 5.05. The summed E-state index contributed by atoms with van der Waals surface area (Å²) in [6, 6.07) is 14.8. The molecule has 0 radical (unpaired) electrons. The third-order valence-electron chi connectivity index (χ3n) is 3.66. The van der Waals surface area contributed by atoms with Crippen molar-refractivity contribution >= 4 is 5.71 Å². The molecular formula is C18H17N3O3. The van der Waals surface area contributed by atoms with Crippen molar-refractivity contribution in [1.29, 1.82) is 0 Å². The van der Waals surface area contributed by atoms with Gasteiger partial charge < -0.3 is 19.7 Å². The molecule has 2 aromatic carbocycles. The molecule has 3 aromatic rings. The van der Waals surface area contributed by atoms with Crippen LogP contribution in [0.15, 0.2) is 59.9 Å². The van der Waals surface area contributed by atoms with Crippen LogP contribution in [0, 0.1) is 0 Å². The molecule has 0 amide bonds. The number of methoxy groups -OCH3 is 2. The first-order valence-corrected chi connectivity index (χ1v) is 7.31. The molecule has 122 valence electrons. The Labute approximate surface area is 139 Å². The highest BCUT2D eigenvalue weighted by molar-refractivity contribution is 6.10. The fourth-order valence-corrected chi connectivity index (χ4v) is 2.35. The quantitative estimate of drug-likeness (QED) is 0.429. The molecule has 0 spiro atoms. The Hall–Kier alpha value is -3.28. The number of benzene rings is 2. The molecule has 1 aromatic heterocycles. The zero-order valence-electron chi connectivity index (χ0n) is 13.4. The van der Waals surface area contributed by atoms with E-state index in [4.69, 9.17) is 9.47 Å². The molecule has 6 heteroatoms. The number of nitrogens with zero attached hydrogens (tertiary/aromatic N) is 2. The molecule has 6 nitrogen and oxygen atoms in total. The van der Waals surface area contributed by atoms with Crippen LogP contribution in [-0.2, 0) is 0 Å². The standard InChI is InChI=1S/C18H17N3O3/c1-23-14-7-3-12(4-8-14)16-11-19-18(20-16)17(21-22)13-5-9-15(24-2)10-6-13/h3-11,22H,1-2H3,(H,19,20)/b21-17-. The monoisotopic (exact) mass is 323 g/mol. The number of nitrogens with one attached hydrogen (secondary N) is 1. The van der Waals surface area contributed by atoms with Gasteiger partial charge in [0.05, 0.1) is 26.1 Å². The molecule has 0 unspecified atom stereocenters. The number of aromatic nitrogens is 2. The molecule has 0 aliphatic rings. The molecule has 0 aliphatic heterocycles. The lowest BCUT2D eigenvalue weighted by Crippen LogP contribution is -2.05. The van der Waals surface area contributed by atoms with Crippen LogP contribution in [0.3, 0.4) is 0 Å². The second-order valence-corrected chi connectivity index (χ2v) is 5.05. The highest BCUT2D eigenvalue weighted by Gasteiger charge is 2.13. The summed E-state index contributed by atoms with van der Waals surface area (Å²) in [5.41, 5.74) is 2.87. The SMILES string of the molecule is COc1ccc(/C(=N/O)c2ncc(-c3ccc(OC)cc3)[nH]2)cc1. The van der Waals surface area contributed by atoms with E-state index in [9.17, 15) is 5.21 Å². The molecule has 1 heterocycles. The van der Waals surface area contributed by atoms with Gasteiger partial charge in [-0.2, -0.15) is 0 Å². The molecular weight excluding hydrogens is 306 g/mol. The summed E-state index contributed by atoms with van der Waals surface area (Å²) in [7, 11) is 3.23. The minimum atomic E-state index is 0.359. The van der Waals surface area contributed by atoms with Crippen molar-refractivity contribution in [3.63, 3.8) is 0 Å². The van der Waals surface area contributed by atoms with E-state index in [1.807, 2.05) is 36.4 Å². The van der Waals surface area contributed by atoms with E-state index in [1.165, 1.54) is 0 Å².